The Labute approximate surface area is 160 Å². The third-order valence-electron chi connectivity index (χ3n) is 3.78. The molecule has 5 nitrogen and oxygen atoms in total. The molecule has 0 aliphatic rings. The van der Waals surface area contributed by atoms with Crippen LogP contribution in [0.25, 0.3) is 22.2 Å². The molecule has 0 spiro atoms. The number of rotatable bonds is 3. The van der Waals surface area contributed by atoms with Gasteiger partial charge in [0, 0.05) is 20.8 Å². The first kappa shape index (κ1) is 17.4. The number of tetrazole rings is 1. The Kier molecular flexibility index (Phi) is 5.06. The summed E-state index contributed by atoms with van der Waals surface area (Å²) in [6, 6.07) is 20.0. The summed E-state index contributed by atoms with van der Waals surface area (Å²) in [7, 11) is 0. The zero-order chi connectivity index (χ0) is 16.5. The molecule has 7 heteroatoms. The summed E-state index contributed by atoms with van der Waals surface area (Å²) < 4.78 is 1.81. The van der Waals surface area contributed by atoms with Crippen LogP contribution in [0.2, 0.25) is 0 Å². The zero-order valence-electron chi connectivity index (χ0n) is 13.8. The van der Waals surface area contributed by atoms with E-state index in [1.54, 1.807) is 16.1 Å². The fourth-order valence-corrected chi connectivity index (χ4v) is 3.25. The minimum atomic E-state index is 0. The van der Waals surface area contributed by atoms with Crippen molar-refractivity contribution in [3.63, 3.8) is 0 Å². The number of halogens is 1. The molecule has 0 amide bonds. The highest BCUT2D eigenvalue weighted by Gasteiger charge is 2.25. The van der Waals surface area contributed by atoms with E-state index >= 15 is 0 Å². The zero-order valence-corrected chi connectivity index (χ0v) is 16.2. The minimum Gasteiger partial charge on any atom is -1.00 e. The van der Waals surface area contributed by atoms with Gasteiger partial charge in [0.2, 0.25) is 0 Å². The van der Waals surface area contributed by atoms with Crippen molar-refractivity contribution >= 4 is 11.3 Å². The van der Waals surface area contributed by atoms with Gasteiger partial charge in [-0.25, -0.2) is 0 Å². The van der Waals surface area contributed by atoms with E-state index in [0.29, 0.717) is 0 Å². The molecular weight excluding hydrogens is 398 g/mol. The van der Waals surface area contributed by atoms with Crippen molar-refractivity contribution in [3.8, 4) is 22.2 Å². The number of aryl methyl sites for hydroxylation is 2. The lowest BCUT2D eigenvalue weighted by atomic mass is 10.2. The van der Waals surface area contributed by atoms with Crippen LogP contribution in [0, 0.1) is 13.8 Å². The van der Waals surface area contributed by atoms with Gasteiger partial charge in [-0.2, -0.15) is 0 Å². The number of hydrogen-bond donors (Lipinski definition) is 0. The molecular formula is C18H16BrN5S. The summed E-state index contributed by atoms with van der Waals surface area (Å²) in [5.41, 5.74) is 2.94. The van der Waals surface area contributed by atoms with E-state index in [2.05, 4.69) is 17.1 Å². The first-order valence-corrected chi connectivity index (χ1v) is 8.49. The Morgan fingerprint density at radius 1 is 0.920 bits per heavy atom. The van der Waals surface area contributed by atoms with Gasteiger partial charge in [-0.3, -0.25) is 0 Å². The number of aromatic nitrogens is 5. The third kappa shape index (κ3) is 3.38. The molecule has 0 unspecified atom stereocenters. The molecule has 0 saturated carbocycles. The number of benzene rings is 2. The smallest absolute Gasteiger partial charge is 0.315 e. The average Bonchev–Trinajstić information content (AvgIpc) is 3.21. The van der Waals surface area contributed by atoms with Crippen molar-refractivity contribution in [3.05, 3.63) is 71.2 Å². The van der Waals surface area contributed by atoms with Gasteiger partial charge in [-0.05, 0) is 42.9 Å². The molecule has 2 aromatic heterocycles. The highest BCUT2D eigenvalue weighted by molar-refractivity contribution is 7.13. The van der Waals surface area contributed by atoms with Crippen molar-refractivity contribution in [2.24, 2.45) is 0 Å². The van der Waals surface area contributed by atoms with Crippen molar-refractivity contribution in [2.45, 2.75) is 13.8 Å². The number of para-hydroxylation sites is 1. The number of nitrogens with zero attached hydrogens (tertiary/aromatic N) is 5. The lowest BCUT2D eigenvalue weighted by molar-refractivity contribution is -0.650. The van der Waals surface area contributed by atoms with Crippen LogP contribution in [0.15, 0.2) is 60.7 Å². The monoisotopic (exact) mass is 413 g/mol. The van der Waals surface area contributed by atoms with Crippen molar-refractivity contribution < 1.29 is 21.7 Å². The molecule has 2 aromatic carbocycles. The topological polar surface area (TPSA) is 47.5 Å². The second-order valence-corrected chi connectivity index (χ2v) is 6.64. The molecule has 0 aliphatic heterocycles. The molecule has 0 bridgehead atoms. The van der Waals surface area contributed by atoms with E-state index in [4.69, 9.17) is 5.10 Å². The van der Waals surface area contributed by atoms with E-state index in [-0.39, 0.29) is 17.0 Å². The quantitative estimate of drug-likeness (QED) is 0.453. The summed E-state index contributed by atoms with van der Waals surface area (Å²) in [6.07, 6.45) is 0. The van der Waals surface area contributed by atoms with Crippen LogP contribution in [-0.2, 0) is 0 Å². The lowest BCUT2D eigenvalue weighted by Gasteiger charge is -1.93. The fourth-order valence-electron chi connectivity index (χ4n) is 2.39. The van der Waals surface area contributed by atoms with E-state index in [1.165, 1.54) is 4.88 Å². The molecule has 4 rings (SSSR count). The summed E-state index contributed by atoms with van der Waals surface area (Å²) in [4.78, 5) is 7.47. The van der Waals surface area contributed by atoms with Crippen LogP contribution in [0.5, 0.6) is 0 Å². The third-order valence-corrected chi connectivity index (χ3v) is 4.83. The second-order valence-electron chi connectivity index (χ2n) is 5.45. The van der Waals surface area contributed by atoms with Crippen molar-refractivity contribution in [2.75, 3.05) is 0 Å². The molecule has 0 radical (unpaired) electrons. The SMILES string of the molecule is Cc1nc(-[n+]2nn(-c3ccccc3)nc2-c2ccccc2)sc1C.[Br-]. The lowest BCUT2D eigenvalue weighted by Crippen LogP contribution is -3.00. The van der Waals surface area contributed by atoms with Crippen LogP contribution >= 0.6 is 11.3 Å². The van der Waals surface area contributed by atoms with Crippen LogP contribution < -0.4 is 21.7 Å². The molecule has 0 atom stereocenters. The van der Waals surface area contributed by atoms with Crippen LogP contribution in [-0.4, -0.2) is 20.1 Å². The van der Waals surface area contributed by atoms with E-state index in [9.17, 15) is 0 Å². The van der Waals surface area contributed by atoms with Crippen molar-refractivity contribution in [1.29, 1.82) is 0 Å². The van der Waals surface area contributed by atoms with Gasteiger partial charge in [-0.15, -0.1) is 4.98 Å². The highest BCUT2D eigenvalue weighted by atomic mass is 79.9. The van der Waals surface area contributed by atoms with Gasteiger partial charge >= 0.3 is 11.0 Å². The second kappa shape index (κ2) is 7.25. The maximum absolute atomic E-state index is 4.70. The van der Waals surface area contributed by atoms with E-state index in [0.717, 1.165) is 27.9 Å². The predicted octanol–water partition coefficient (Wildman–Crippen LogP) is 0.288. The van der Waals surface area contributed by atoms with Gasteiger partial charge in [0.15, 0.2) is 0 Å². The Bertz CT molecular complexity index is 960. The van der Waals surface area contributed by atoms with Crippen LogP contribution in [0.4, 0.5) is 0 Å². The summed E-state index contributed by atoms with van der Waals surface area (Å²) >= 11 is 1.62. The summed E-state index contributed by atoms with van der Waals surface area (Å²) in [6.45, 7) is 4.08. The summed E-state index contributed by atoms with van der Waals surface area (Å²) in [5.74, 6) is 0.771. The Balaban J connectivity index is 0.00000182. The maximum atomic E-state index is 4.70. The van der Waals surface area contributed by atoms with Gasteiger partial charge < -0.3 is 17.0 Å². The maximum Gasteiger partial charge on any atom is 0.315 e. The normalized spacial score (nSPS) is 10.5. The Hall–Kier alpha value is -2.38. The Morgan fingerprint density at radius 3 is 2.16 bits per heavy atom. The molecule has 0 fully saturated rings. The van der Waals surface area contributed by atoms with Crippen LogP contribution in [0.1, 0.15) is 10.6 Å². The van der Waals surface area contributed by atoms with Crippen molar-refractivity contribution in [1.82, 2.24) is 20.1 Å². The summed E-state index contributed by atoms with van der Waals surface area (Å²) in [5, 5.41) is 10.2. The van der Waals surface area contributed by atoms with Gasteiger partial charge in [0.25, 0.3) is 0 Å². The average molecular weight is 414 g/mol. The van der Waals surface area contributed by atoms with E-state index in [1.807, 2.05) is 72.3 Å². The standard InChI is InChI=1S/C18H16N5S.BrH/c1-13-14(2)24-18(19-13)22-17(15-9-5-3-6-10-15)20-23(21-22)16-11-7-4-8-12-16;/h3-12H,1-2H3;1H/q+1;/p-1. The first-order valence-electron chi connectivity index (χ1n) is 7.67. The number of thiazole rings is 1. The largest absolute Gasteiger partial charge is 1.00 e. The molecule has 0 saturated heterocycles. The fraction of sp³-hybridized carbons (Fsp3) is 0.111. The first-order chi connectivity index (χ1) is 11.7. The Morgan fingerprint density at radius 2 is 1.56 bits per heavy atom. The molecule has 126 valence electrons. The van der Waals surface area contributed by atoms with E-state index < -0.39 is 0 Å². The van der Waals surface area contributed by atoms with Crippen LogP contribution in [0.3, 0.4) is 0 Å². The molecule has 0 aliphatic carbocycles. The van der Waals surface area contributed by atoms with Gasteiger partial charge in [0.05, 0.1) is 0 Å². The van der Waals surface area contributed by atoms with Gasteiger partial charge in [-0.1, -0.05) is 52.4 Å². The van der Waals surface area contributed by atoms with Gasteiger partial charge in [0.1, 0.15) is 11.4 Å². The number of hydrogen-bond acceptors (Lipinski definition) is 4. The highest BCUT2D eigenvalue weighted by Crippen LogP contribution is 2.20. The molecule has 0 N–H and O–H groups in total. The predicted molar refractivity (Wildman–Crippen MR) is 93.5 cm³/mol. The molecule has 25 heavy (non-hydrogen) atoms. The minimum absolute atomic E-state index is 0. The molecule has 4 aromatic rings. The molecule has 2 heterocycles.